The van der Waals surface area contributed by atoms with E-state index in [-0.39, 0.29) is 5.57 Å². The van der Waals surface area contributed by atoms with Crippen LogP contribution in [0.4, 0.5) is 0 Å². The van der Waals surface area contributed by atoms with E-state index in [0.717, 1.165) is 27.6 Å². The Morgan fingerprint density at radius 3 is 2.52 bits per heavy atom. The molecular formula is C23H23NO5. The van der Waals surface area contributed by atoms with E-state index in [9.17, 15) is 9.59 Å². The molecule has 0 bridgehead atoms. The molecule has 1 N–H and O–H groups in total. The van der Waals surface area contributed by atoms with Crippen molar-refractivity contribution in [3.63, 3.8) is 0 Å². The number of aromatic nitrogens is 1. The van der Waals surface area contributed by atoms with Crippen molar-refractivity contribution in [1.29, 1.82) is 0 Å². The molecule has 2 aromatic carbocycles. The van der Waals surface area contributed by atoms with E-state index in [1.807, 2.05) is 35.9 Å². The van der Waals surface area contributed by atoms with Gasteiger partial charge in [-0.25, -0.2) is 9.59 Å². The number of carboxylic acid groups (broad SMARTS) is 1. The topological polar surface area (TPSA) is 77.8 Å². The second kappa shape index (κ2) is 8.22. The predicted octanol–water partition coefficient (Wildman–Crippen LogP) is 4.05. The van der Waals surface area contributed by atoms with Crippen LogP contribution >= 0.6 is 0 Å². The van der Waals surface area contributed by atoms with Gasteiger partial charge in [0.1, 0.15) is 5.75 Å². The van der Waals surface area contributed by atoms with Gasteiger partial charge in [-0.1, -0.05) is 12.1 Å². The molecule has 0 aliphatic rings. The van der Waals surface area contributed by atoms with Crippen LogP contribution in [0.3, 0.4) is 0 Å². The Labute approximate surface area is 169 Å². The summed E-state index contributed by atoms with van der Waals surface area (Å²) in [7, 11) is 4.89. The lowest BCUT2D eigenvalue weighted by Gasteiger charge is -2.10. The van der Waals surface area contributed by atoms with Gasteiger partial charge in [-0.2, -0.15) is 0 Å². The van der Waals surface area contributed by atoms with Crippen LogP contribution in [0.1, 0.15) is 34.0 Å². The SMILES string of the molecule is COC(=O)c1ccc(Cc2cn(C)c3ccc(/C=C(/C)C(=O)O)cc23)c(OC)c1. The molecule has 0 saturated heterocycles. The summed E-state index contributed by atoms with van der Waals surface area (Å²) in [4.78, 5) is 22.9. The summed E-state index contributed by atoms with van der Waals surface area (Å²) in [6.45, 7) is 1.58. The van der Waals surface area contributed by atoms with Gasteiger partial charge in [0.2, 0.25) is 0 Å². The summed E-state index contributed by atoms with van der Waals surface area (Å²) >= 11 is 0. The molecule has 29 heavy (non-hydrogen) atoms. The lowest BCUT2D eigenvalue weighted by atomic mass is 10.0. The van der Waals surface area contributed by atoms with E-state index < -0.39 is 11.9 Å². The quantitative estimate of drug-likeness (QED) is 0.505. The molecule has 6 nitrogen and oxygen atoms in total. The number of esters is 1. The Morgan fingerprint density at radius 1 is 1.10 bits per heavy atom. The van der Waals surface area contributed by atoms with Gasteiger partial charge in [0.25, 0.3) is 0 Å². The van der Waals surface area contributed by atoms with Gasteiger partial charge in [0.15, 0.2) is 0 Å². The van der Waals surface area contributed by atoms with Crippen molar-refractivity contribution < 1.29 is 24.2 Å². The summed E-state index contributed by atoms with van der Waals surface area (Å²) in [5.41, 5.74) is 4.61. The summed E-state index contributed by atoms with van der Waals surface area (Å²) in [6.07, 6.45) is 4.31. The number of hydrogen-bond acceptors (Lipinski definition) is 4. The van der Waals surface area contributed by atoms with E-state index in [2.05, 4.69) is 6.20 Å². The third kappa shape index (κ3) is 4.16. The van der Waals surface area contributed by atoms with E-state index in [1.54, 1.807) is 32.2 Å². The van der Waals surface area contributed by atoms with Crippen molar-refractivity contribution in [2.75, 3.05) is 14.2 Å². The first kappa shape index (κ1) is 20.2. The number of rotatable bonds is 6. The number of carbonyl (C=O) groups excluding carboxylic acids is 1. The Kier molecular flexibility index (Phi) is 5.73. The Balaban J connectivity index is 2.03. The zero-order chi connectivity index (χ0) is 21.1. The van der Waals surface area contributed by atoms with Crippen molar-refractivity contribution in [3.8, 4) is 5.75 Å². The van der Waals surface area contributed by atoms with Crippen molar-refractivity contribution in [2.45, 2.75) is 13.3 Å². The molecule has 0 fully saturated rings. The maximum absolute atomic E-state index is 11.8. The number of aryl methyl sites for hydroxylation is 1. The van der Waals surface area contributed by atoms with Gasteiger partial charge in [-0.05, 0) is 54.0 Å². The minimum Gasteiger partial charge on any atom is -0.496 e. The molecule has 1 aromatic heterocycles. The van der Waals surface area contributed by atoms with Crippen LogP contribution in [0.25, 0.3) is 17.0 Å². The normalized spacial score (nSPS) is 11.5. The zero-order valence-electron chi connectivity index (χ0n) is 16.9. The first-order valence-corrected chi connectivity index (χ1v) is 9.08. The van der Waals surface area contributed by atoms with Crippen molar-refractivity contribution in [3.05, 3.63) is 70.4 Å². The molecule has 0 spiro atoms. The summed E-state index contributed by atoms with van der Waals surface area (Å²) in [5, 5.41) is 10.2. The maximum Gasteiger partial charge on any atom is 0.337 e. The smallest absolute Gasteiger partial charge is 0.337 e. The average Bonchev–Trinajstić information content (AvgIpc) is 3.02. The first-order chi connectivity index (χ1) is 13.8. The van der Waals surface area contributed by atoms with Crippen LogP contribution in [-0.2, 0) is 23.0 Å². The Hall–Kier alpha value is -3.54. The van der Waals surface area contributed by atoms with Crippen LogP contribution in [0.15, 0.2) is 48.2 Å². The molecule has 3 rings (SSSR count). The standard InChI is InChI=1S/C23H23NO5/c1-14(22(25)26)9-15-5-8-20-19(10-15)18(13-24(20)2)11-16-6-7-17(23(27)29-4)12-21(16)28-3/h5-10,12-13H,11H2,1-4H3,(H,25,26)/b14-9-. The van der Waals surface area contributed by atoms with Gasteiger partial charge in [-0.3, -0.25) is 0 Å². The molecule has 0 amide bonds. The first-order valence-electron chi connectivity index (χ1n) is 9.08. The van der Waals surface area contributed by atoms with Gasteiger partial charge >= 0.3 is 11.9 Å². The second-order valence-corrected chi connectivity index (χ2v) is 6.87. The number of benzene rings is 2. The molecular weight excluding hydrogens is 370 g/mol. The molecule has 0 unspecified atom stereocenters. The highest BCUT2D eigenvalue weighted by molar-refractivity contribution is 5.93. The van der Waals surface area contributed by atoms with Gasteiger partial charge in [0.05, 0.1) is 19.8 Å². The lowest BCUT2D eigenvalue weighted by Crippen LogP contribution is -2.03. The Morgan fingerprint density at radius 2 is 1.86 bits per heavy atom. The summed E-state index contributed by atoms with van der Waals surface area (Å²) in [6, 6.07) is 11.1. The molecule has 0 radical (unpaired) electrons. The highest BCUT2D eigenvalue weighted by Crippen LogP contribution is 2.29. The number of hydrogen-bond donors (Lipinski definition) is 1. The second-order valence-electron chi connectivity index (χ2n) is 6.87. The fourth-order valence-corrected chi connectivity index (χ4v) is 3.37. The van der Waals surface area contributed by atoms with Gasteiger partial charge in [-0.15, -0.1) is 0 Å². The monoisotopic (exact) mass is 393 g/mol. The minimum atomic E-state index is -0.936. The van der Waals surface area contributed by atoms with Crippen LogP contribution in [-0.4, -0.2) is 35.8 Å². The van der Waals surface area contributed by atoms with E-state index in [4.69, 9.17) is 14.6 Å². The fourth-order valence-electron chi connectivity index (χ4n) is 3.37. The van der Waals surface area contributed by atoms with Crippen LogP contribution in [0.5, 0.6) is 5.75 Å². The third-order valence-corrected chi connectivity index (χ3v) is 4.91. The highest BCUT2D eigenvalue weighted by atomic mass is 16.5. The van der Waals surface area contributed by atoms with E-state index in [1.165, 1.54) is 7.11 Å². The maximum atomic E-state index is 11.8. The number of ether oxygens (including phenoxy) is 2. The lowest BCUT2D eigenvalue weighted by molar-refractivity contribution is -0.132. The number of carboxylic acids is 1. The number of nitrogens with zero attached hydrogens (tertiary/aromatic N) is 1. The van der Waals surface area contributed by atoms with Crippen molar-refractivity contribution >= 4 is 28.9 Å². The molecule has 6 heteroatoms. The molecule has 0 saturated carbocycles. The van der Waals surface area contributed by atoms with Gasteiger partial charge < -0.3 is 19.1 Å². The summed E-state index contributed by atoms with van der Waals surface area (Å²) < 4.78 is 12.3. The molecule has 150 valence electrons. The molecule has 0 atom stereocenters. The largest absolute Gasteiger partial charge is 0.496 e. The van der Waals surface area contributed by atoms with E-state index >= 15 is 0 Å². The van der Waals surface area contributed by atoms with Crippen molar-refractivity contribution in [2.24, 2.45) is 7.05 Å². The highest BCUT2D eigenvalue weighted by Gasteiger charge is 2.14. The van der Waals surface area contributed by atoms with Crippen LogP contribution in [0, 0.1) is 0 Å². The number of carbonyl (C=O) groups is 2. The minimum absolute atomic E-state index is 0.280. The molecule has 0 aliphatic carbocycles. The number of aliphatic carboxylic acids is 1. The van der Waals surface area contributed by atoms with Crippen molar-refractivity contribution in [1.82, 2.24) is 4.57 Å². The predicted molar refractivity (Wildman–Crippen MR) is 111 cm³/mol. The molecule has 3 aromatic rings. The Bertz CT molecular complexity index is 1120. The third-order valence-electron chi connectivity index (χ3n) is 4.91. The summed E-state index contributed by atoms with van der Waals surface area (Å²) in [5.74, 6) is -0.735. The fraction of sp³-hybridized carbons (Fsp3) is 0.217. The van der Waals surface area contributed by atoms with Crippen LogP contribution in [0.2, 0.25) is 0 Å². The number of methoxy groups -OCH3 is 2. The average molecular weight is 393 g/mol. The molecule has 1 heterocycles. The zero-order valence-corrected chi connectivity index (χ0v) is 16.9. The number of fused-ring (bicyclic) bond motifs is 1. The molecule has 0 aliphatic heterocycles. The van der Waals surface area contributed by atoms with Crippen LogP contribution < -0.4 is 4.74 Å². The van der Waals surface area contributed by atoms with E-state index in [0.29, 0.717) is 17.7 Å². The van der Waals surface area contributed by atoms with Gasteiger partial charge in [0, 0.05) is 36.1 Å².